The number of ether oxygens (including phenoxy) is 1. The molecule has 1 saturated heterocycles. The Labute approximate surface area is 235 Å². The molecule has 4 amide bonds. The van der Waals surface area contributed by atoms with Gasteiger partial charge in [0.15, 0.2) is 0 Å². The topological polar surface area (TPSA) is 104 Å². The maximum absolute atomic E-state index is 13.6. The van der Waals surface area contributed by atoms with Gasteiger partial charge in [0.1, 0.15) is 21.2 Å². The predicted octanol–water partition coefficient (Wildman–Crippen LogP) is 5.91. The second-order valence-corrected chi connectivity index (χ2v) is 10.8. The minimum absolute atomic E-state index is 0.153. The fourth-order valence-electron chi connectivity index (χ4n) is 5.38. The summed E-state index contributed by atoms with van der Waals surface area (Å²) in [6.45, 7) is 8.39. The van der Waals surface area contributed by atoms with E-state index in [9.17, 15) is 14.4 Å². The minimum Gasteiger partial charge on any atom is -0.457 e. The molecule has 2 aromatic carbocycles. The number of rotatable bonds is 6. The number of anilines is 3. The van der Waals surface area contributed by atoms with E-state index in [0.29, 0.717) is 46.3 Å². The van der Waals surface area contributed by atoms with Crippen molar-refractivity contribution in [3.8, 4) is 11.5 Å². The van der Waals surface area contributed by atoms with Crippen LogP contribution in [0.25, 0.3) is 10.2 Å². The minimum atomic E-state index is -0.362. The van der Waals surface area contributed by atoms with Gasteiger partial charge >= 0.3 is 6.03 Å². The van der Waals surface area contributed by atoms with Crippen molar-refractivity contribution >= 4 is 56.5 Å². The van der Waals surface area contributed by atoms with Crippen LogP contribution in [0.1, 0.15) is 27.2 Å². The Morgan fingerprint density at radius 1 is 1.15 bits per heavy atom. The number of nitrogens with one attached hydrogen (secondary N) is 2. The Kier molecular flexibility index (Phi) is 6.47. The van der Waals surface area contributed by atoms with Crippen molar-refractivity contribution in [2.75, 3.05) is 23.3 Å². The molecule has 0 bridgehead atoms. The molecule has 1 atom stereocenters. The highest BCUT2D eigenvalue weighted by molar-refractivity contribution is 7.21. The summed E-state index contributed by atoms with van der Waals surface area (Å²) in [5, 5.41) is 6.70. The van der Waals surface area contributed by atoms with Crippen LogP contribution in [0.15, 0.2) is 67.4 Å². The summed E-state index contributed by atoms with van der Waals surface area (Å²) in [5.74, 6) is 0.954. The van der Waals surface area contributed by atoms with Crippen LogP contribution in [-0.4, -0.2) is 46.9 Å². The molecule has 1 fully saturated rings. The number of nitrogens with zero attached hydrogens (tertiary/aromatic N) is 3. The Bertz CT molecular complexity index is 1660. The average molecular weight is 554 g/mol. The number of aryl methyl sites for hydroxylation is 2. The highest BCUT2D eigenvalue weighted by atomic mass is 32.1. The second-order valence-electron chi connectivity index (χ2n) is 9.85. The third kappa shape index (κ3) is 4.46. The molecule has 4 heterocycles. The highest BCUT2D eigenvalue weighted by Crippen LogP contribution is 2.47. The quantitative estimate of drug-likeness (QED) is 0.289. The van der Waals surface area contributed by atoms with E-state index in [0.717, 1.165) is 28.0 Å². The number of benzene rings is 2. The molecular weight excluding hydrogens is 526 g/mol. The Hall–Kier alpha value is -4.70. The number of likely N-dealkylation sites (tertiary alicyclic amines) is 1. The van der Waals surface area contributed by atoms with E-state index in [1.807, 2.05) is 56.3 Å². The molecule has 0 spiro atoms. The van der Waals surface area contributed by atoms with Gasteiger partial charge in [0, 0.05) is 25.3 Å². The normalized spacial score (nSPS) is 16.1. The van der Waals surface area contributed by atoms with Gasteiger partial charge in [-0.3, -0.25) is 14.5 Å². The number of carbonyl (C=O) groups is 3. The monoisotopic (exact) mass is 553 g/mol. The van der Waals surface area contributed by atoms with E-state index in [4.69, 9.17) is 4.74 Å². The van der Waals surface area contributed by atoms with Crippen molar-refractivity contribution in [2.45, 2.75) is 26.3 Å². The molecule has 2 aliphatic heterocycles. The van der Waals surface area contributed by atoms with Crippen LogP contribution in [0.4, 0.5) is 21.9 Å². The zero-order valence-corrected chi connectivity index (χ0v) is 22.9. The zero-order chi connectivity index (χ0) is 28.0. The largest absolute Gasteiger partial charge is 0.457 e. The maximum Gasteiger partial charge on any atom is 0.331 e. The van der Waals surface area contributed by atoms with Crippen molar-refractivity contribution in [1.82, 2.24) is 15.2 Å². The lowest BCUT2D eigenvalue weighted by atomic mass is 10.0. The fraction of sp³-hybridized carbons (Fsp3) is 0.200. The number of carbonyl (C=O) groups excluding carboxylic acids is 3. The molecule has 0 saturated carbocycles. The summed E-state index contributed by atoms with van der Waals surface area (Å²) >= 11 is 1.24. The molecule has 0 radical (unpaired) electrons. The summed E-state index contributed by atoms with van der Waals surface area (Å²) in [5.41, 5.74) is 3.58. The van der Waals surface area contributed by atoms with Crippen LogP contribution >= 0.6 is 11.3 Å². The molecule has 2 N–H and O–H groups in total. The Balaban J connectivity index is 1.32. The van der Waals surface area contributed by atoms with Crippen molar-refractivity contribution in [2.24, 2.45) is 0 Å². The Morgan fingerprint density at radius 3 is 2.62 bits per heavy atom. The number of para-hydroxylation sites is 1. The van der Waals surface area contributed by atoms with Gasteiger partial charge in [-0.15, -0.1) is 11.3 Å². The molecule has 0 aliphatic carbocycles. The van der Waals surface area contributed by atoms with Crippen molar-refractivity contribution < 1.29 is 19.1 Å². The SMILES string of the molecule is C=CC(=O)N1CC[C@@H](NC(=O)c2sc3nccc4c3c2NC(=O)N4c2c(C)cc(Oc3ccccc3)cc2C)C1. The fourth-order valence-corrected chi connectivity index (χ4v) is 6.40. The summed E-state index contributed by atoms with van der Waals surface area (Å²) < 4.78 is 6.03. The molecule has 40 heavy (non-hydrogen) atoms. The maximum atomic E-state index is 13.6. The van der Waals surface area contributed by atoms with Gasteiger partial charge in [0.25, 0.3) is 5.91 Å². The zero-order valence-electron chi connectivity index (χ0n) is 22.1. The molecule has 2 aliphatic rings. The molecule has 202 valence electrons. The number of amides is 4. The van der Waals surface area contributed by atoms with Crippen LogP contribution in [0.3, 0.4) is 0 Å². The van der Waals surface area contributed by atoms with Gasteiger partial charge in [-0.05, 0) is 67.8 Å². The van der Waals surface area contributed by atoms with Crippen LogP contribution in [0, 0.1) is 13.8 Å². The molecule has 9 nitrogen and oxygen atoms in total. The first-order valence-electron chi connectivity index (χ1n) is 12.9. The highest BCUT2D eigenvalue weighted by Gasteiger charge is 2.35. The van der Waals surface area contributed by atoms with Gasteiger partial charge in [0.2, 0.25) is 5.91 Å². The second kappa shape index (κ2) is 10.1. The summed E-state index contributed by atoms with van der Waals surface area (Å²) in [6.07, 6.45) is 3.58. The van der Waals surface area contributed by atoms with E-state index in [1.54, 1.807) is 22.1 Å². The van der Waals surface area contributed by atoms with Gasteiger partial charge < -0.3 is 20.3 Å². The first-order valence-corrected chi connectivity index (χ1v) is 13.7. The number of aromatic nitrogens is 1. The van der Waals surface area contributed by atoms with E-state index in [1.165, 1.54) is 17.4 Å². The third-order valence-corrected chi connectivity index (χ3v) is 8.23. The van der Waals surface area contributed by atoms with Crippen LogP contribution in [-0.2, 0) is 4.79 Å². The molecule has 10 heteroatoms. The number of pyridine rings is 1. The molecule has 6 rings (SSSR count). The van der Waals surface area contributed by atoms with E-state index in [-0.39, 0.29) is 23.9 Å². The lowest BCUT2D eigenvalue weighted by molar-refractivity contribution is -0.125. The summed E-state index contributed by atoms with van der Waals surface area (Å²) in [4.78, 5) is 47.8. The van der Waals surface area contributed by atoms with Gasteiger partial charge in [-0.25, -0.2) is 9.78 Å². The van der Waals surface area contributed by atoms with Crippen LogP contribution in [0.5, 0.6) is 11.5 Å². The van der Waals surface area contributed by atoms with Gasteiger partial charge in [-0.1, -0.05) is 24.8 Å². The van der Waals surface area contributed by atoms with E-state index < -0.39 is 0 Å². The molecular formula is C30H27N5O4S. The first-order chi connectivity index (χ1) is 19.3. The van der Waals surface area contributed by atoms with Gasteiger partial charge in [0.05, 0.1) is 22.4 Å². The number of hydrogen-bond acceptors (Lipinski definition) is 6. The van der Waals surface area contributed by atoms with Crippen molar-refractivity contribution in [3.05, 3.63) is 83.4 Å². The Morgan fingerprint density at radius 2 is 1.90 bits per heavy atom. The predicted molar refractivity (Wildman–Crippen MR) is 156 cm³/mol. The summed E-state index contributed by atoms with van der Waals surface area (Å²) in [6, 6.07) is 14.6. The van der Waals surface area contributed by atoms with Crippen LogP contribution in [0.2, 0.25) is 0 Å². The number of hydrogen-bond donors (Lipinski definition) is 2. The van der Waals surface area contributed by atoms with Gasteiger partial charge in [-0.2, -0.15) is 0 Å². The summed E-state index contributed by atoms with van der Waals surface area (Å²) in [7, 11) is 0. The molecule has 2 aromatic heterocycles. The van der Waals surface area contributed by atoms with E-state index >= 15 is 0 Å². The van der Waals surface area contributed by atoms with E-state index in [2.05, 4.69) is 22.2 Å². The number of urea groups is 1. The van der Waals surface area contributed by atoms with Crippen LogP contribution < -0.4 is 20.3 Å². The average Bonchev–Trinajstić information content (AvgIpc) is 3.55. The third-order valence-electron chi connectivity index (χ3n) is 7.13. The molecule has 4 aromatic rings. The van der Waals surface area contributed by atoms with Crippen molar-refractivity contribution in [1.29, 1.82) is 0 Å². The lowest BCUT2D eigenvalue weighted by Gasteiger charge is -2.31. The standard InChI is InChI=1S/C30H27N5O4S/c1-4-23(36)34-13-11-19(16-34)32-28(37)27-25-24-22(10-12-31-29(24)40-27)35(30(38)33-25)26-17(2)14-21(15-18(26)3)39-20-8-6-5-7-9-20/h4-10,12,14-15,19H,1,11,13,16H2,2-3H3,(H,32,37)(H,33,38)/t19-/m1/s1. The number of thiophene rings is 1. The molecule has 0 unspecified atom stereocenters. The first kappa shape index (κ1) is 25.6. The smallest absolute Gasteiger partial charge is 0.331 e. The van der Waals surface area contributed by atoms with Crippen molar-refractivity contribution in [3.63, 3.8) is 0 Å². The lowest BCUT2D eigenvalue weighted by Crippen LogP contribution is -2.39.